The van der Waals surface area contributed by atoms with Crippen LogP contribution in [0.1, 0.15) is 29.7 Å². The highest BCUT2D eigenvalue weighted by atomic mass is 16.3. The molecular formula is C17H24O4. The first kappa shape index (κ1) is 18.6. The normalized spacial score (nSPS) is 9.33. The van der Waals surface area contributed by atoms with Crippen LogP contribution in [0.3, 0.4) is 0 Å². The van der Waals surface area contributed by atoms with E-state index in [2.05, 4.69) is 0 Å². The highest BCUT2D eigenvalue weighted by Gasteiger charge is 2.01. The van der Waals surface area contributed by atoms with Gasteiger partial charge in [-0.15, -0.1) is 0 Å². The van der Waals surface area contributed by atoms with Crippen LogP contribution in [0.4, 0.5) is 0 Å². The number of phenolic OH excluding ortho intramolecular Hbond substituents is 4. The Labute approximate surface area is 126 Å². The summed E-state index contributed by atoms with van der Waals surface area (Å²) in [5.74, 6) is 0.927. The summed E-state index contributed by atoms with van der Waals surface area (Å²) in [4.78, 5) is 0. The molecule has 2 aromatic rings. The molecule has 0 bridgehead atoms. The highest BCUT2D eigenvalue weighted by Crippen LogP contribution is 2.26. The van der Waals surface area contributed by atoms with Gasteiger partial charge in [0.2, 0.25) is 0 Å². The third-order valence-electron chi connectivity index (χ3n) is 2.95. The van der Waals surface area contributed by atoms with Crippen molar-refractivity contribution in [2.45, 2.75) is 35.1 Å². The largest absolute Gasteiger partial charge is 0.508 e. The molecule has 0 unspecified atom stereocenters. The maximum Gasteiger partial charge on any atom is 0.121 e. The van der Waals surface area contributed by atoms with Crippen LogP contribution >= 0.6 is 0 Å². The number of phenols is 4. The average Bonchev–Trinajstić information content (AvgIpc) is 2.33. The highest BCUT2D eigenvalue weighted by molar-refractivity contribution is 5.44. The minimum atomic E-state index is 0. The summed E-state index contributed by atoms with van der Waals surface area (Å²) in [6, 6.07) is 6.12. The van der Waals surface area contributed by atoms with E-state index in [1.165, 1.54) is 24.3 Å². The Balaban J connectivity index is 0.000000364. The van der Waals surface area contributed by atoms with Gasteiger partial charge in [-0.05, 0) is 74.2 Å². The van der Waals surface area contributed by atoms with Gasteiger partial charge in [-0.25, -0.2) is 0 Å². The molecule has 0 saturated heterocycles. The van der Waals surface area contributed by atoms with Crippen molar-refractivity contribution in [3.63, 3.8) is 0 Å². The molecule has 116 valence electrons. The van der Waals surface area contributed by atoms with Gasteiger partial charge in [0, 0.05) is 0 Å². The molecule has 0 saturated carbocycles. The Kier molecular flexibility index (Phi) is 6.59. The third-order valence-corrected chi connectivity index (χ3v) is 2.95. The average molecular weight is 292 g/mol. The van der Waals surface area contributed by atoms with Crippen LogP contribution in [0.25, 0.3) is 0 Å². The molecule has 0 amide bonds. The molecule has 4 N–H and O–H groups in total. The summed E-state index contributed by atoms with van der Waals surface area (Å²) in [6.45, 7) is 7.01. The molecule has 0 radical (unpaired) electrons. The second-order valence-corrected chi connectivity index (χ2v) is 4.86. The van der Waals surface area contributed by atoms with E-state index in [9.17, 15) is 10.2 Å². The monoisotopic (exact) mass is 292 g/mol. The lowest BCUT2D eigenvalue weighted by Gasteiger charge is -2.02. The smallest absolute Gasteiger partial charge is 0.121 e. The first-order valence-electron chi connectivity index (χ1n) is 6.20. The molecule has 0 aromatic heterocycles. The molecule has 0 aliphatic carbocycles. The number of benzene rings is 2. The minimum Gasteiger partial charge on any atom is -0.508 e. The molecule has 0 atom stereocenters. The maximum absolute atomic E-state index is 9.22. The number of aryl methyl sites for hydroxylation is 4. The predicted octanol–water partition coefficient (Wildman–Crippen LogP) is 4.07. The van der Waals surface area contributed by atoms with Crippen molar-refractivity contribution in [1.29, 1.82) is 0 Å². The fourth-order valence-electron chi connectivity index (χ4n) is 1.87. The molecular weight excluding hydrogens is 268 g/mol. The molecule has 0 heterocycles. The fourth-order valence-corrected chi connectivity index (χ4v) is 1.87. The van der Waals surface area contributed by atoms with Crippen LogP contribution in [0.5, 0.6) is 23.0 Å². The summed E-state index contributed by atoms with van der Waals surface area (Å²) in [5.41, 5.74) is 2.82. The van der Waals surface area contributed by atoms with Crippen molar-refractivity contribution < 1.29 is 20.4 Å². The molecule has 0 fully saturated rings. The van der Waals surface area contributed by atoms with Crippen LogP contribution in [0.2, 0.25) is 0 Å². The summed E-state index contributed by atoms with van der Waals surface area (Å²) in [6.07, 6.45) is 0. The molecule has 0 spiro atoms. The van der Waals surface area contributed by atoms with Crippen molar-refractivity contribution in [3.8, 4) is 23.0 Å². The molecule has 0 aliphatic rings. The van der Waals surface area contributed by atoms with Gasteiger partial charge in [0.05, 0.1) is 0 Å². The van der Waals surface area contributed by atoms with E-state index in [0.29, 0.717) is 22.3 Å². The van der Waals surface area contributed by atoms with Crippen molar-refractivity contribution in [3.05, 3.63) is 46.5 Å². The molecule has 4 heteroatoms. The lowest BCUT2D eigenvalue weighted by molar-refractivity contribution is 0.453. The molecule has 21 heavy (non-hydrogen) atoms. The lowest BCUT2D eigenvalue weighted by atomic mass is 10.1. The van der Waals surface area contributed by atoms with E-state index in [1.54, 1.807) is 27.7 Å². The zero-order valence-electron chi connectivity index (χ0n) is 12.1. The fraction of sp³-hybridized carbons (Fsp3) is 0.294. The third kappa shape index (κ3) is 4.91. The van der Waals surface area contributed by atoms with Crippen LogP contribution in [-0.2, 0) is 0 Å². The van der Waals surface area contributed by atoms with E-state index in [-0.39, 0.29) is 30.4 Å². The summed E-state index contributed by atoms with van der Waals surface area (Å²) < 4.78 is 0. The van der Waals surface area contributed by atoms with Crippen molar-refractivity contribution >= 4 is 0 Å². The van der Waals surface area contributed by atoms with E-state index < -0.39 is 0 Å². The standard InChI is InChI=1S/2C8H10O2.CH4/c2*1-5-3-7(9)4-6(2)8(5)10;/h2*3-4,9-10H,1-2H3;1H4. The van der Waals surface area contributed by atoms with E-state index in [4.69, 9.17) is 10.2 Å². The van der Waals surface area contributed by atoms with Crippen molar-refractivity contribution in [1.82, 2.24) is 0 Å². The Morgan fingerprint density at radius 2 is 0.714 bits per heavy atom. The van der Waals surface area contributed by atoms with E-state index in [1.807, 2.05) is 0 Å². The van der Waals surface area contributed by atoms with Gasteiger partial charge >= 0.3 is 0 Å². The first-order valence-corrected chi connectivity index (χ1v) is 6.20. The van der Waals surface area contributed by atoms with E-state index in [0.717, 1.165) is 0 Å². The lowest BCUT2D eigenvalue weighted by Crippen LogP contribution is -1.78. The Morgan fingerprint density at radius 3 is 0.905 bits per heavy atom. The SMILES string of the molecule is C.Cc1cc(O)cc(C)c1O.Cc1cc(O)cc(C)c1O. The Hall–Kier alpha value is -2.36. The minimum absolute atomic E-state index is 0. The van der Waals surface area contributed by atoms with Gasteiger partial charge < -0.3 is 20.4 Å². The van der Waals surface area contributed by atoms with Gasteiger partial charge in [-0.1, -0.05) is 7.43 Å². The summed E-state index contributed by atoms with van der Waals surface area (Å²) >= 11 is 0. The predicted molar refractivity (Wildman–Crippen MR) is 85.2 cm³/mol. The van der Waals surface area contributed by atoms with Crippen LogP contribution in [-0.4, -0.2) is 20.4 Å². The van der Waals surface area contributed by atoms with Crippen LogP contribution < -0.4 is 0 Å². The second kappa shape index (κ2) is 7.43. The Morgan fingerprint density at radius 1 is 0.524 bits per heavy atom. The van der Waals surface area contributed by atoms with E-state index >= 15 is 0 Å². The zero-order valence-corrected chi connectivity index (χ0v) is 12.1. The van der Waals surface area contributed by atoms with Gasteiger partial charge in [0.25, 0.3) is 0 Å². The first-order chi connectivity index (χ1) is 9.22. The quantitative estimate of drug-likeness (QED) is 0.552. The zero-order chi connectivity index (χ0) is 15.4. The summed E-state index contributed by atoms with van der Waals surface area (Å²) in [5, 5.41) is 36.5. The molecule has 2 aromatic carbocycles. The van der Waals surface area contributed by atoms with Crippen LogP contribution in [0.15, 0.2) is 24.3 Å². The summed E-state index contributed by atoms with van der Waals surface area (Å²) in [7, 11) is 0. The van der Waals surface area contributed by atoms with Gasteiger partial charge in [-0.3, -0.25) is 0 Å². The maximum atomic E-state index is 9.22. The van der Waals surface area contributed by atoms with Crippen molar-refractivity contribution in [2.24, 2.45) is 0 Å². The van der Waals surface area contributed by atoms with Crippen molar-refractivity contribution in [2.75, 3.05) is 0 Å². The molecule has 4 nitrogen and oxygen atoms in total. The van der Waals surface area contributed by atoms with Gasteiger partial charge in [-0.2, -0.15) is 0 Å². The molecule has 0 aliphatic heterocycles. The van der Waals surface area contributed by atoms with Gasteiger partial charge in [0.15, 0.2) is 0 Å². The Bertz CT molecular complexity index is 517. The second-order valence-electron chi connectivity index (χ2n) is 4.86. The van der Waals surface area contributed by atoms with Gasteiger partial charge in [0.1, 0.15) is 23.0 Å². The number of hydrogen-bond donors (Lipinski definition) is 4. The number of hydrogen-bond acceptors (Lipinski definition) is 4. The number of aromatic hydroxyl groups is 4. The number of rotatable bonds is 0. The topological polar surface area (TPSA) is 80.9 Å². The van der Waals surface area contributed by atoms with Crippen LogP contribution in [0, 0.1) is 27.7 Å². The molecule has 2 rings (SSSR count).